The summed E-state index contributed by atoms with van der Waals surface area (Å²) in [4.78, 5) is 5.30. The number of benzene rings is 1. The quantitative estimate of drug-likeness (QED) is 0.824. The van der Waals surface area contributed by atoms with Crippen molar-refractivity contribution in [3.8, 4) is 5.75 Å². The first-order valence-corrected chi connectivity index (χ1v) is 7.84. The molecule has 2 unspecified atom stereocenters. The zero-order valence-corrected chi connectivity index (χ0v) is 12.9. The van der Waals surface area contributed by atoms with E-state index in [1.807, 2.05) is 0 Å². The number of rotatable bonds is 2. The lowest BCUT2D eigenvalue weighted by Crippen LogP contribution is -2.59. The standard InChI is InChI=1S/C17H26N2O/c1-13-10-16(20-3)7-8-17(13)19-12-15-6-4-5-9-18(15)11-14(19)2/h7-8,10,14-15H,4-6,9,11-12H2,1-3H3. The van der Waals surface area contributed by atoms with Gasteiger partial charge in [-0.25, -0.2) is 0 Å². The van der Waals surface area contributed by atoms with E-state index in [1.165, 1.54) is 50.1 Å². The van der Waals surface area contributed by atoms with Crippen molar-refractivity contribution in [2.24, 2.45) is 0 Å². The lowest BCUT2D eigenvalue weighted by atomic mass is 9.96. The third-order valence-electron chi connectivity index (χ3n) is 4.90. The average Bonchev–Trinajstić information content (AvgIpc) is 2.46. The minimum atomic E-state index is 0.594. The Balaban J connectivity index is 1.82. The first kappa shape index (κ1) is 13.7. The summed E-state index contributed by atoms with van der Waals surface area (Å²) >= 11 is 0. The Kier molecular flexibility index (Phi) is 3.88. The van der Waals surface area contributed by atoms with Crippen molar-refractivity contribution in [1.82, 2.24) is 4.90 Å². The number of nitrogens with zero attached hydrogens (tertiary/aromatic N) is 2. The highest BCUT2D eigenvalue weighted by molar-refractivity contribution is 5.57. The van der Waals surface area contributed by atoms with E-state index in [1.54, 1.807) is 7.11 Å². The molecule has 0 saturated carbocycles. The zero-order chi connectivity index (χ0) is 14.1. The highest BCUT2D eigenvalue weighted by atomic mass is 16.5. The number of methoxy groups -OCH3 is 1. The summed E-state index contributed by atoms with van der Waals surface area (Å²) in [5.74, 6) is 0.954. The highest BCUT2D eigenvalue weighted by Gasteiger charge is 2.33. The largest absolute Gasteiger partial charge is 0.497 e. The summed E-state index contributed by atoms with van der Waals surface area (Å²) in [5.41, 5.74) is 2.70. The van der Waals surface area contributed by atoms with Crippen molar-refractivity contribution in [2.75, 3.05) is 31.6 Å². The maximum atomic E-state index is 5.32. The van der Waals surface area contributed by atoms with Gasteiger partial charge in [0.2, 0.25) is 0 Å². The van der Waals surface area contributed by atoms with Gasteiger partial charge in [0, 0.05) is 30.9 Å². The molecule has 0 spiro atoms. The fourth-order valence-corrected chi connectivity index (χ4v) is 3.77. The lowest BCUT2D eigenvalue weighted by Gasteiger charge is -2.48. The van der Waals surface area contributed by atoms with Crippen LogP contribution in [-0.4, -0.2) is 43.7 Å². The van der Waals surface area contributed by atoms with E-state index >= 15 is 0 Å². The molecule has 3 heteroatoms. The van der Waals surface area contributed by atoms with Crippen LogP contribution in [0.4, 0.5) is 5.69 Å². The first-order valence-electron chi connectivity index (χ1n) is 7.84. The number of piperazine rings is 1. The van der Waals surface area contributed by atoms with Gasteiger partial charge in [-0.15, -0.1) is 0 Å². The molecule has 2 aliphatic rings. The fraction of sp³-hybridized carbons (Fsp3) is 0.647. The fourth-order valence-electron chi connectivity index (χ4n) is 3.77. The number of anilines is 1. The third-order valence-corrected chi connectivity index (χ3v) is 4.90. The number of aryl methyl sites for hydroxylation is 1. The molecule has 0 aromatic heterocycles. The van der Waals surface area contributed by atoms with Crippen LogP contribution in [-0.2, 0) is 0 Å². The molecule has 2 atom stereocenters. The van der Waals surface area contributed by atoms with Crippen LogP contribution >= 0.6 is 0 Å². The SMILES string of the molecule is COc1ccc(N2CC3CCCCN3CC2C)c(C)c1. The van der Waals surface area contributed by atoms with Crippen LogP contribution in [0.2, 0.25) is 0 Å². The summed E-state index contributed by atoms with van der Waals surface area (Å²) < 4.78 is 5.32. The molecule has 20 heavy (non-hydrogen) atoms. The molecule has 0 radical (unpaired) electrons. The minimum Gasteiger partial charge on any atom is -0.497 e. The number of hydrogen-bond donors (Lipinski definition) is 0. The van der Waals surface area contributed by atoms with Gasteiger partial charge in [0.1, 0.15) is 5.75 Å². The van der Waals surface area contributed by atoms with Gasteiger partial charge in [-0.2, -0.15) is 0 Å². The van der Waals surface area contributed by atoms with Gasteiger partial charge < -0.3 is 9.64 Å². The second kappa shape index (κ2) is 5.65. The van der Waals surface area contributed by atoms with Crippen LogP contribution in [0.25, 0.3) is 0 Å². The van der Waals surface area contributed by atoms with Crippen molar-refractivity contribution in [2.45, 2.75) is 45.2 Å². The predicted octanol–water partition coefficient (Wildman–Crippen LogP) is 3.07. The molecule has 110 valence electrons. The third kappa shape index (κ3) is 2.51. The molecule has 3 rings (SSSR count). The van der Waals surface area contributed by atoms with Crippen molar-refractivity contribution < 1.29 is 4.74 Å². The molecule has 0 N–H and O–H groups in total. The summed E-state index contributed by atoms with van der Waals surface area (Å²) in [6.07, 6.45) is 4.13. The Labute approximate surface area is 122 Å². The summed E-state index contributed by atoms with van der Waals surface area (Å²) in [6, 6.07) is 7.80. The van der Waals surface area contributed by atoms with Gasteiger partial charge in [0.15, 0.2) is 0 Å². The van der Waals surface area contributed by atoms with Gasteiger partial charge in [-0.05, 0) is 57.0 Å². The molecule has 2 fully saturated rings. The molecule has 1 aromatic rings. The Hall–Kier alpha value is -1.22. The van der Waals surface area contributed by atoms with E-state index < -0.39 is 0 Å². The molecule has 2 saturated heterocycles. The van der Waals surface area contributed by atoms with Crippen molar-refractivity contribution >= 4 is 5.69 Å². The Morgan fingerprint density at radius 1 is 1.20 bits per heavy atom. The van der Waals surface area contributed by atoms with Crippen LogP contribution in [0.3, 0.4) is 0 Å². The molecule has 1 aromatic carbocycles. The van der Waals surface area contributed by atoms with Crippen LogP contribution in [0.1, 0.15) is 31.7 Å². The molecule has 0 aliphatic carbocycles. The van der Waals surface area contributed by atoms with Gasteiger partial charge in [0.05, 0.1) is 7.11 Å². The van der Waals surface area contributed by atoms with Gasteiger partial charge in [-0.1, -0.05) is 6.42 Å². The van der Waals surface area contributed by atoms with Crippen molar-refractivity contribution in [3.05, 3.63) is 23.8 Å². The number of fused-ring (bicyclic) bond motifs is 1. The number of piperidine rings is 1. The maximum Gasteiger partial charge on any atom is 0.119 e. The monoisotopic (exact) mass is 274 g/mol. The predicted molar refractivity (Wildman–Crippen MR) is 83.8 cm³/mol. The van der Waals surface area contributed by atoms with Crippen molar-refractivity contribution in [1.29, 1.82) is 0 Å². The summed E-state index contributed by atoms with van der Waals surface area (Å²) in [5, 5.41) is 0. The molecular formula is C17H26N2O. The highest BCUT2D eigenvalue weighted by Crippen LogP contribution is 2.31. The van der Waals surface area contributed by atoms with Gasteiger partial charge in [-0.3, -0.25) is 4.90 Å². The van der Waals surface area contributed by atoms with Crippen LogP contribution in [0.15, 0.2) is 18.2 Å². The number of hydrogen-bond acceptors (Lipinski definition) is 3. The van der Waals surface area contributed by atoms with E-state index in [9.17, 15) is 0 Å². The lowest BCUT2D eigenvalue weighted by molar-refractivity contribution is 0.115. The van der Waals surface area contributed by atoms with Crippen LogP contribution < -0.4 is 9.64 Å². The maximum absolute atomic E-state index is 5.32. The van der Waals surface area contributed by atoms with E-state index in [4.69, 9.17) is 4.74 Å². The smallest absolute Gasteiger partial charge is 0.119 e. The van der Waals surface area contributed by atoms with Crippen LogP contribution in [0, 0.1) is 6.92 Å². The van der Waals surface area contributed by atoms with E-state index in [2.05, 4.69) is 41.8 Å². The minimum absolute atomic E-state index is 0.594. The average molecular weight is 274 g/mol. The zero-order valence-electron chi connectivity index (χ0n) is 12.9. The molecule has 3 nitrogen and oxygen atoms in total. The second-order valence-electron chi connectivity index (χ2n) is 6.30. The Bertz CT molecular complexity index is 474. The summed E-state index contributed by atoms with van der Waals surface area (Å²) in [7, 11) is 1.73. The van der Waals surface area contributed by atoms with Crippen LogP contribution in [0.5, 0.6) is 5.75 Å². The second-order valence-corrected chi connectivity index (χ2v) is 6.30. The van der Waals surface area contributed by atoms with Gasteiger partial charge in [0.25, 0.3) is 0 Å². The van der Waals surface area contributed by atoms with E-state index in [0.29, 0.717) is 6.04 Å². The molecule has 0 amide bonds. The van der Waals surface area contributed by atoms with E-state index in [-0.39, 0.29) is 0 Å². The van der Waals surface area contributed by atoms with Gasteiger partial charge >= 0.3 is 0 Å². The molecule has 0 bridgehead atoms. The topological polar surface area (TPSA) is 15.7 Å². The Morgan fingerprint density at radius 2 is 2.05 bits per heavy atom. The van der Waals surface area contributed by atoms with E-state index in [0.717, 1.165) is 11.8 Å². The first-order chi connectivity index (χ1) is 9.69. The van der Waals surface area contributed by atoms with Crippen molar-refractivity contribution in [3.63, 3.8) is 0 Å². The number of ether oxygens (including phenoxy) is 1. The molecule has 2 heterocycles. The molecule has 2 aliphatic heterocycles. The Morgan fingerprint density at radius 3 is 2.80 bits per heavy atom. The normalized spacial score (nSPS) is 27.2. The summed E-state index contributed by atoms with van der Waals surface area (Å²) in [6.45, 7) is 8.22. The molecular weight excluding hydrogens is 248 g/mol.